The standard InChI is InChI=1S/C31H39N3O3/c1-20-25-16-23(30(25,2)3)17-27(20)37-29(36)34-31(4,18-22-19-33-26-13-9-8-12-24(22)26)28(35)32-15-14-21-10-6-5-7-11-21/h5-13,19-20,23,25,27,33H,14-18H2,1-4H3,(H,32,35)(H,34,36)/t20-,23+,25-,27-,31+/m0/s1. The average Bonchev–Trinajstić information content (AvgIpc) is 3.27. The van der Waals surface area contributed by atoms with Gasteiger partial charge in [0.25, 0.3) is 0 Å². The van der Waals surface area contributed by atoms with Gasteiger partial charge in [0.15, 0.2) is 0 Å². The number of amides is 2. The number of hydrogen-bond acceptors (Lipinski definition) is 3. The molecule has 37 heavy (non-hydrogen) atoms. The van der Waals surface area contributed by atoms with Gasteiger partial charge >= 0.3 is 6.09 Å². The second-order valence-corrected chi connectivity index (χ2v) is 11.9. The fraction of sp³-hybridized carbons (Fsp3) is 0.484. The van der Waals surface area contributed by atoms with Crippen molar-refractivity contribution in [2.24, 2.45) is 23.2 Å². The normalized spacial score (nSPS) is 25.5. The van der Waals surface area contributed by atoms with E-state index in [0.29, 0.717) is 36.1 Å². The Bertz CT molecular complexity index is 1270. The van der Waals surface area contributed by atoms with E-state index in [9.17, 15) is 9.59 Å². The summed E-state index contributed by atoms with van der Waals surface area (Å²) in [4.78, 5) is 30.1. The fourth-order valence-electron chi connectivity index (χ4n) is 6.65. The average molecular weight is 502 g/mol. The molecule has 3 aromatic rings. The molecule has 0 aliphatic heterocycles. The summed E-state index contributed by atoms with van der Waals surface area (Å²) in [5.41, 5.74) is 2.29. The Morgan fingerprint density at radius 3 is 2.54 bits per heavy atom. The van der Waals surface area contributed by atoms with Crippen LogP contribution in [0.3, 0.4) is 0 Å². The van der Waals surface area contributed by atoms with Crippen LogP contribution in [0.15, 0.2) is 60.8 Å². The zero-order valence-corrected chi connectivity index (χ0v) is 22.3. The van der Waals surface area contributed by atoms with Gasteiger partial charge in [-0.2, -0.15) is 0 Å². The number of para-hydroxylation sites is 1. The molecule has 1 heterocycles. The van der Waals surface area contributed by atoms with Crippen LogP contribution >= 0.6 is 0 Å². The number of H-pyrrole nitrogens is 1. The lowest BCUT2D eigenvalue weighted by Gasteiger charge is -2.61. The van der Waals surface area contributed by atoms with Gasteiger partial charge in [-0.3, -0.25) is 4.79 Å². The number of fused-ring (bicyclic) bond motifs is 3. The molecule has 3 aliphatic rings. The van der Waals surface area contributed by atoms with Gasteiger partial charge in [0.1, 0.15) is 11.6 Å². The predicted molar refractivity (Wildman–Crippen MR) is 146 cm³/mol. The summed E-state index contributed by atoms with van der Waals surface area (Å²) < 4.78 is 5.99. The van der Waals surface area contributed by atoms with Crippen LogP contribution < -0.4 is 10.6 Å². The number of hydrogen-bond donors (Lipinski definition) is 3. The number of nitrogens with one attached hydrogen (secondary N) is 3. The molecule has 3 N–H and O–H groups in total. The Balaban J connectivity index is 1.29. The van der Waals surface area contributed by atoms with Gasteiger partial charge in [0.2, 0.25) is 5.91 Å². The van der Waals surface area contributed by atoms with Crippen LogP contribution in [0.1, 0.15) is 51.7 Å². The van der Waals surface area contributed by atoms with Gasteiger partial charge in [-0.05, 0) is 66.5 Å². The highest BCUT2D eigenvalue weighted by Crippen LogP contribution is 2.61. The van der Waals surface area contributed by atoms with Crippen molar-refractivity contribution < 1.29 is 14.3 Å². The minimum absolute atomic E-state index is 0.116. The van der Waals surface area contributed by atoms with Gasteiger partial charge in [-0.15, -0.1) is 0 Å². The Morgan fingerprint density at radius 1 is 1.08 bits per heavy atom. The van der Waals surface area contributed by atoms with E-state index in [1.807, 2.05) is 60.8 Å². The van der Waals surface area contributed by atoms with E-state index in [2.05, 4.69) is 36.4 Å². The highest BCUT2D eigenvalue weighted by molar-refractivity contribution is 5.91. The van der Waals surface area contributed by atoms with Crippen LogP contribution in [0.4, 0.5) is 4.79 Å². The quantitative estimate of drug-likeness (QED) is 0.374. The molecule has 2 aromatic carbocycles. The Kier molecular flexibility index (Phi) is 6.78. The minimum atomic E-state index is -1.17. The third-order valence-corrected chi connectivity index (χ3v) is 9.18. The second-order valence-electron chi connectivity index (χ2n) is 11.9. The maximum atomic E-state index is 13.6. The second kappa shape index (κ2) is 9.88. The number of aromatic nitrogens is 1. The van der Waals surface area contributed by atoms with E-state index in [1.54, 1.807) is 6.92 Å². The summed E-state index contributed by atoms with van der Waals surface area (Å²) in [6, 6.07) is 18.1. The maximum absolute atomic E-state index is 13.6. The number of carbonyl (C=O) groups is 2. The summed E-state index contributed by atoms with van der Waals surface area (Å²) in [6.45, 7) is 9.13. The van der Waals surface area contributed by atoms with Gasteiger partial charge in [0, 0.05) is 30.1 Å². The molecule has 0 spiro atoms. The van der Waals surface area contributed by atoms with Gasteiger partial charge < -0.3 is 20.4 Å². The highest BCUT2D eigenvalue weighted by Gasteiger charge is 2.57. The first-order valence-corrected chi connectivity index (χ1v) is 13.5. The molecule has 6 rings (SSSR count). The number of benzene rings is 2. The van der Waals surface area contributed by atoms with Crippen molar-refractivity contribution in [2.75, 3.05) is 6.54 Å². The molecule has 196 valence electrons. The molecule has 1 aromatic heterocycles. The number of rotatable bonds is 8. The molecule has 3 saturated carbocycles. The van der Waals surface area contributed by atoms with Crippen molar-refractivity contribution in [1.82, 2.24) is 15.6 Å². The SMILES string of the molecule is C[C@@H]1[C@@H](OC(=O)N[C@](C)(Cc2c[nH]c3ccccc23)C(=O)NCCc2ccccc2)C[C@H]2C[C@@H]1C2(C)C. The zero-order valence-electron chi connectivity index (χ0n) is 22.3. The first-order valence-electron chi connectivity index (χ1n) is 13.5. The lowest BCUT2D eigenvalue weighted by Crippen LogP contribution is -2.61. The molecule has 6 nitrogen and oxygen atoms in total. The summed E-state index contributed by atoms with van der Waals surface area (Å²) in [6.07, 6.45) is 4.47. The number of aromatic amines is 1. The Hall–Kier alpha value is -3.28. The van der Waals surface area contributed by atoms with Crippen molar-refractivity contribution in [2.45, 2.75) is 65.0 Å². The molecule has 3 aliphatic carbocycles. The van der Waals surface area contributed by atoms with Crippen molar-refractivity contribution in [3.05, 3.63) is 71.9 Å². The van der Waals surface area contributed by atoms with Gasteiger partial charge in [-0.25, -0.2) is 4.79 Å². The monoisotopic (exact) mass is 501 g/mol. The molecule has 6 heteroatoms. The van der Waals surface area contributed by atoms with Crippen LogP contribution in [0.2, 0.25) is 0 Å². The Morgan fingerprint density at radius 2 is 1.81 bits per heavy atom. The van der Waals surface area contributed by atoms with Crippen molar-refractivity contribution in [3.63, 3.8) is 0 Å². The van der Waals surface area contributed by atoms with E-state index < -0.39 is 11.6 Å². The lowest BCUT2D eigenvalue weighted by atomic mass is 9.45. The predicted octanol–water partition coefficient (Wildman–Crippen LogP) is 5.62. The molecule has 0 unspecified atom stereocenters. The number of carbonyl (C=O) groups excluding carboxylic acids is 2. The van der Waals surface area contributed by atoms with Crippen LogP contribution in [0.5, 0.6) is 0 Å². The smallest absolute Gasteiger partial charge is 0.408 e. The van der Waals surface area contributed by atoms with Gasteiger partial charge in [0.05, 0.1) is 0 Å². The third-order valence-electron chi connectivity index (χ3n) is 9.18. The number of alkyl carbamates (subject to hydrolysis) is 1. The summed E-state index contributed by atoms with van der Waals surface area (Å²) in [5, 5.41) is 7.08. The van der Waals surface area contributed by atoms with Crippen molar-refractivity contribution in [3.8, 4) is 0 Å². The van der Waals surface area contributed by atoms with Crippen LogP contribution in [-0.2, 0) is 22.4 Å². The summed E-state index contributed by atoms with van der Waals surface area (Å²) >= 11 is 0. The minimum Gasteiger partial charge on any atom is -0.446 e. The maximum Gasteiger partial charge on any atom is 0.408 e. The largest absolute Gasteiger partial charge is 0.446 e. The van der Waals surface area contributed by atoms with E-state index in [0.717, 1.165) is 34.9 Å². The molecular formula is C31H39N3O3. The molecular weight excluding hydrogens is 462 g/mol. The fourth-order valence-corrected chi connectivity index (χ4v) is 6.65. The summed E-state index contributed by atoms with van der Waals surface area (Å²) in [5.74, 6) is 1.25. The summed E-state index contributed by atoms with van der Waals surface area (Å²) in [7, 11) is 0. The van der Waals surface area contributed by atoms with E-state index >= 15 is 0 Å². The molecule has 3 fully saturated rings. The van der Waals surface area contributed by atoms with Crippen molar-refractivity contribution in [1.29, 1.82) is 0 Å². The molecule has 0 radical (unpaired) electrons. The molecule has 2 bridgehead atoms. The molecule has 5 atom stereocenters. The molecule has 0 saturated heterocycles. The highest BCUT2D eigenvalue weighted by atomic mass is 16.6. The van der Waals surface area contributed by atoms with E-state index in [4.69, 9.17) is 4.74 Å². The Labute approximate surface area is 219 Å². The molecule has 2 amide bonds. The van der Waals surface area contributed by atoms with Crippen LogP contribution in [-0.4, -0.2) is 35.2 Å². The number of ether oxygens (including phenoxy) is 1. The first-order chi connectivity index (χ1) is 17.7. The van der Waals surface area contributed by atoms with Crippen molar-refractivity contribution >= 4 is 22.9 Å². The van der Waals surface area contributed by atoms with Gasteiger partial charge in [-0.1, -0.05) is 69.3 Å². The first kappa shape index (κ1) is 25.4. The lowest BCUT2D eigenvalue weighted by molar-refractivity contribution is -0.155. The topological polar surface area (TPSA) is 83.2 Å². The third kappa shape index (κ3) is 4.98. The van der Waals surface area contributed by atoms with Crippen LogP contribution in [0, 0.1) is 23.2 Å². The zero-order chi connectivity index (χ0) is 26.2. The van der Waals surface area contributed by atoms with Crippen LogP contribution in [0.25, 0.3) is 10.9 Å². The van der Waals surface area contributed by atoms with E-state index in [1.165, 1.54) is 6.42 Å². The van der Waals surface area contributed by atoms with E-state index in [-0.39, 0.29) is 12.0 Å².